The van der Waals surface area contributed by atoms with E-state index in [1.165, 1.54) is 0 Å². The number of ether oxygens (including phenoxy) is 1. The van der Waals surface area contributed by atoms with E-state index < -0.39 is 0 Å². The summed E-state index contributed by atoms with van der Waals surface area (Å²) in [5, 5.41) is 4.13. The van der Waals surface area contributed by atoms with Crippen LogP contribution in [-0.2, 0) is 4.79 Å². The largest absolute Gasteiger partial charge is 0.467 e. The minimum atomic E-state index is -0.202. The van der Waals surface area contributed by atoms with Gasteiger partial charge in [-0.15, -0.1) is 4.91 Å². The fourth-order valence-corrected chi connectivity index (χ4v) is 3.81. The number of nitroso groups, excluding NO2 is 1. The van der Waals surface area contributed by atoms with Gasteiger partial charge >= 0.3 is 0 Å². The first kappa shape index (κ1) is 19.5. The van der Waals surface area contributed by atoms with Crippen LogP contribution in [0.5, 0.6) is 5.88 Å². The fraction of sp³-hybridized carbons (Fsp3) is 0.250. The molecule has 1 fully saturated rings. The van der Waals surface area contributed by atoms with Crippen molar-refractivity contribution in [2.45, 2.75) is 0 Å². The molecule has 2 aromatic carbocycles. The minimum Gasteiger partial charge on any atom is -0.467 e. The number of nitrogens with one attached hydrogen (secondary N) is 1. The van der Waals surface area contributed by atoms with E-state index in [2.05, 4.69) is 27.2 Å². The van der Waals surface area contributed by atoms with Crippen LogP contribution in [0.25, 0.3) is 10.9 Å². The molecule has 0 spiro atoms. The lowest BCUT2D eigenvalue weighted by Crippen LogP contribution is -2.50. The molecule has 3 aromatic rings. The lowest BCUT2D eigenvalue weighted by atomic mass is 10.2. The Bertz CT molecular complexity index is 1050. The van der Waals surface area contributed by atoms with E-state index in [0.717, 1.165) is 18.8 Å². The van der Waals surface area contributed by atoms with Crippen LogP contribution in [0.1, 0.15) is 0 Å². The van der Waals surface area contributed by atoms with E-state index in [9.17, 15) is 9.70 Å². The van der Waals surface area contributed by atoms with E-state index in [-0.39, 0.29) is 29.1 Å². The van der Waals surface area contributed by atoms with Gasteiger partial charge in [-0.1, -0.05) is 41.4 Å². The average Bonchev–Trinajstić information content (AvgIpc) is 3.13. The Morgan fingerprint density at radius 2 is 1.79 bits per heavy atom. The second-order valence-electron chi connectivity index (χ2n) is 6.67. The number of hydrogen-bond donors (Lipinski definition) is 1. The Balaban J connectivity index is 1.40. The number of fused-ring (bicyclic) bond motifs is 1. The third-order valence-corrected chi connectivity index (χ3v) is 5.79. The number of carbonyl (C=O) groups is 1. The normalized spacial score (nSPS) is 14.3. The number of nitrogens with zero attached hydrogens (tertiary/aromatic N) is 3. The number of benzene rings is 2. The lowest BCUT2D eigenvalue weighted by Gasteiger charge is -2.36. The maximum Gasteiger partial charge on any atom is 0.260 e. The summed E-state index contributed by atoms with van der Waals surface area (Å²) in [7, 11) is 0. The van der Waals surface area contributed by atoms with Crippen molar-refractivity contribution in [1.82, 2.24) is 9.88 Å². The third kappa shape index (κ3) is 3.88. The number of para-hydroxylation sites is 1. The van der Waals surface area contributed by atoms with Crippen molar-refractivity contribution in [3.8, 4) is 5.88 Å². The molecule has 1 saturated heterocycles. The van der Waals surface area contributed by atoms with Gasteiger partial charge in [0.25, 0.3) is 5.91 Å². The van der Waals surface area contributed by atoms with Gasteiger partial charge < -0.3 is 19.5 Å². The molecule has 150 valence electrons. The summed E-state index contributed by atoms with van der Waals surface area (Å²) >= 11 is 12.2. The number of aromatic nitrogens is 1. The summed E-state index contributed by atoms with van der Waals surface area (Å²) in [6.45, 7) is 2.49. The standard InChI is InChI=1S/C20H18Cl2N4O3/c21-15-7-6-14-18(17(15)22)23-20(19(14)24-28)29-12-16(27)26-10-8-25(9-11-26)13-4-2-1-3-5-13/h1-7,23H,8-12H2. The summed E-state index contributed by atoms with van der Waals surface area (Å²) in [4.78, 5) is 30.7. The second-order valence-corrected chi connectivity index (χ2v) is 7.46. The van der Waals surface area contributed by atoms with Crippen LogP contribution >= 0.6 is 23.2 Å². The Kier molecular flexibility index (Phi) is 5.60. The molecular formula is C20H18Cl2N4O3. The molecule has 0 bridgehead atoms. The van der Waals surface area contributed by atoms with Crippen molar-refractivity contribution in [3.05, 3.63) is 57.4 Å². The number of hydrogen-bond acceptors (Lipinski definition) is 5. The monoisotopic (exact) mass is 432 g/mol. The van der Waals surface area contributed by atoms with Crippen molar-refractivity contribution in [2.24, 2.45) is 5.18 Å². The zero-order valence-electron chi connectivity index (χ0n) is 15.4. The Morgan fingerprint density at radius 3 is 2.48 bits per heavy atom. The van der Waals surface area contributed by atoms with Crippen LogP contribution in [0, 0.1) is 4.91 Å². The summed E-state index contributed by atoms with van der Waals surface area (Å²) in [6.07, 6.45) is 0. The smallest absolute Gasteiger partial charge is 0.260 e. The first-order valence-electron chi connectivity index (χ1n) is 9.12. The number of carbonyl (C=O) groups excluding carboxylic acids is 1. The van der Waals surface area contributed by atoms with Crippen molar-refractivity contribution in [2.75, 3.05) is 37.7 Å². The highest BCUT2D eigenvalue weighted by atomic mass is 35.5. The topological polar surface area (TPSA) is 78.0 Å². The molecule has 1 aliphatic rings. The quantitative estimate of drug-likeness (QED) is 0.597. The van der Waals surface area contributed by atoms with Crippen LogP contribution in [-0.4, -0.2) is 48.6 Å². The van der Waals surface area contributed by atoms with E-state index in [1.54, 1.807) is 17.0 Å². The molecular weight excluding hydrogens is 415 g/mol. The summed E-state index contributed by atoms with van der Waals surface area (Å²) in [5.41, 5.74) is 1.67. The highest BCUT2D eigenvalue weighted by molar-refractivity contribution is 6.45. The number of H-pyrrole nitrogens is 1. The number of piperazine rings is 1. The number of halogens is 2. The Labute approximate surface area is 177 Å². The first-order valence-corrected chi connectivity index (χ1v) is 9.87. The van der Waals surface area contributed by atoms with Crippen LogP contribution in [0.15, 0.2) is 47.6 Å². The molecule has 0 aliphatic carbocycles. The van der Waals surface area contributed by atoms with Crippen molar-refractivity contribution in [3.63, 3.8) is 0 Å². The molecule has 0 saturated carbocycles. The van der Waals surface area contributed by atoms with E-state index in [0.29, 0.717) is 29.0 Å². The molecule has 1 aromatic heterocycles. The number of amides is 1. The molecule has 29 heavy (non-hydrogen) atoms. The number of rotatable bonds is 5. The van der Waals surface area contributed by atoms with Gasteiger partial charge in [0, 0.05) is 37.3 Å². The van der Waals surface area contributed by atoms with E-state index in [1.807, 2.05) is 18.2 Å². The fourth-order valence-electron chi connectivity index (χ4n) is 3.44. The van der Waals surface area contributed by atoms with Gasteiger partial charge in [0.15, 0.2) is 12.3 Å². The van der Waals surface area contributed by atoms with E-state index >= 15 is 0 Å². The summed E-state index contributed by atoms with van der Waals surface area (Å²) in [5.74, 6) is -0.0483. The van der Waals surface area contributed by atoms with Gasteiger partial charge in [0.2, 0.25) is 5.88 Å². The molecule has 1 amide bonds. The first-order chi connectivity index (χ1) is 14.1. The summed E-state index contributed by atoms with van der Waals surface area (Å²) in [6, 6.07) is 13.3. The molecule has 0 radical (unpaired) electrons. The molecule has 1 N–H and O–H groups in total. The molecule has 1 aliphatic heterocycles. The Hall–Kier alpha value is -2.77. The van der Waals surface area contributed by atoms with Crippen molar-refractivity contribution in [1.29, 1.82) is 0 Å². The second kappa shape index (κ2) is 8.31. The number of aromatic amines is 1. The molecule has 4 rings (SSSR count). The van der Waals surface area contributed by atoms with Crippen molar-refractivity contribution >= 4 is 51.4 Å². The maximum absolute atomic E-state index is 12.6. The molecule has 7 nitrogen and oxygen atoms in total. The van der Waals surface area contributed by atoms with Crippen LogP contribution < -0.4 is 9.64 Å². The van der Waals surface area contributed by atoms with Gasteiger partial charge in [0.05, 0.1) is 15.6 Å². The zero-order valence-corrected chi connectivity index (χ0v) is 16.9. The molecule has 9 heteroatoms. The van der Waals surface area contributed by atoms with Gasteiger partial charge in [-0.2, -0.15) is 0 Å². The van der Waals surface area contributed by atoms with Crippen LogP contribution in [0.4, 0.5) is 11.4 Å². The predicted molar refractivity (Wildman–Crippen MR) is 115 cm³/mol. The highest BCUT2D eigenvalue weighted by Gasteiger charge is 2.23. The zero-order chi connectivity index (χ0) is 20.4. The van der Waals surface area contributed by atoms with Crippen LogP contribution in [0.3, 0.4) is 0 Å². The Morgan fingerprint density at radius 1 is 1.07 bits per heavy atom. The highest BCUT2D eigenvalue weighted by Crippen LogP contribution is 2.41. The predicted octanol–water partition coefficient (Wildman–Crippen LogP) is 4.60. The molecule has 0 unspecified atom stereocenters. The van der Waals surface area contributed by atoms with Gasteiger partial charge in [-0.3, -0.25) is 4.79 Å². The van der Waals surface area contributed by atoms with Gasteiger partial charge in [0.1, 0.15) is 0 Å². The van der Waals surface area contributed by atoms with Gasteiger partial charge in [-0.05, 0) is 29.4 Å². The molecule has 2 heterocycles. The lowest BCUT2D eigenvalue weighted by molar-refractivity contribution is -0.133. The van der Waals surface area contributed by atoms with Crippen molar-refractivity contribution < 1.29 is 9.53 Å². The number of anilines is 1. The minimum absolute atomic E-state index is 0.0697. The van der Waals surface area contributed by atoms with Gasteiger partial charge in [-0.25, -0.2) is 0 Å². The SMILES string of the molecule is O=Nc1c(OCC(=O)N2CCN(c3ccccc3)CC2)[nH]c2c(Cl)c(Cl)ccc12. The van der Waals surface area contributed by atoms with E-state index in [4.69, 9.17) is 27.9 Å². The molecule has 0 atom stereocenters. The average molecular weight is 433 g/mol. The van der Waals surface area contributed by atoms with Crippen LogP contribution in [0.2, 0.25) is 10.0 Å². The maximum atomic E-state index is 12.6. The third-order valence-electron chi connectivity index (χ3n) is 4.99. The summed E-state index contributed by atoms with van der Waals surface area (Å²) < 4.78 is 5.58.